The molecule has 1 nitrogen and oxygen atoms in total. The second kappa shape index (κ2) is 10.1. The number of allylic oxidation sites excluding steroid dienone is 1. The fourth-order valence-electron chi connectivity index (χ4n) is 4.56. The molecule has 1 unspecified atom stereocenters. The standard InChI is InChI=1S/C28H36O/c1-5-6-7-8-21(3)17-23-11-14-27-19-25(15-16-26(27)18-23)22(4)28(29)24-12-9-20(2)10-13-24/h9-14,18,21,25H,4-8,15-17,19H2,1-3H3/t21?,25-/m0/s1. The van der Waals surface area contributed by atoms with Crippen molar-refractivity contribution in [2.75, 3.05) is 0 Å². The summed E-state index contributed by atoms with van der Waals surface area (Å²) >= 11 is 0. The molecule has 0 aliphatic heterocycles. The van der Waals surface area contributed by atoms with Crippen molar-refractivity contribution in [3.05, 3.63) is 82.4 Å². The van der Waals surface area contributed by atoms with Crippen molar-refractivity contribution in [1.82, 2.24) is 0 Å². The normalized spacial score (nSPS) is 16.9. The maximum Gasteiger partial charge on any atom is 0.188 e. The van der Waals surface area contributed by atoms with Crippen molar-refractivity contribution >= 4 is 5.78 Å². The van der Waals surface area contributed by atoms with Gasteiger partial charge in [0, 0.05) is 5.56 Å². The van der Waals surface area contributed by atoms with Gasteiger partial charge in [-0.2, -0.15) is 0 Å². The first kappa shape index (κ1) is 21.6. The number of ketones is 1. The fraction of sp³-hybridized carbons (Fsp3) is 0.464. The molecule has 0 saturated carbocycles. The molecule has 1 aliphatic rings. The van der Waals surface area contributed by atoms with Gasteiger partial charge in [-0.3, -0.25) is 4.79 Å². The van der Waals surface area contributed by atoms with E-state index in [9.17, 15) is 4.79 Å². The van der Waals surface area contributed by atoms with Crippen LogP contribution < -0.4 is 0 Å². The number of fused-ring (bicyclic) bond motifs is 1. The van der Waals surface area contributed by atoms with Gasteiger partial charge in [0.05, 0.1) is 0 Å². The Labute approximate surface area is 177 Å². The van der Waals surface area contributed by atoms with E-state index in [0.717, 1.165) is 36.3 Å². The van der Waals surface area contributed by atoms with Gasteiger partial charge < -0.3 is 0 Å². The third-order valence-corrected chi connectivity index (χ3v) is 6.48. The van der Waals surface area contributed by atoms with Gasteiger partial charge in [-0.25, -0.2) is 0 Å². The van der Waals surface area contributed by atoms with Gasteiger partial charge in [-0.15, -0.1) is 0 Å². The number of hydrogen-bond donors (Lipinski definition) is 0. The number of unbranched alkanes of at least 4 members (excludes halogenated alkanes) is 2. The van der Waals surface area contributed by atoms with Gasteiger partial charge in [-0.05, 0) is 66.7 Å². The van der Waals surface area contributed by atoms with Crippen molar-refractivity contribution in [2.24, 2.45) is 11.8 Å². The molecule has 0 fully saturated rings. The number of carbonyl (C=O) groups is 1. The number of carbonyl (C=O) groups excluding carboxylic acids is 1. The largest absolute Gasteiger partial charge is 0.289 e. The molecular weight excluding hydrogens is 352 g/mol. The number of rotatable bonds is 9. The van der Waals surface area contributed by atoms with Gasteiger partial charge in [0.1, 0.15) is 0 Å². The number of benzene rings is 2. The van der Waals surface area contributed by atoms with E-state index < -0.39 is 0 Å². The Morgan fingerprint density at radius 1 is 1.10 bits per heavy atom. The molecule has 0 N–H and O–H groups in total. The zero-order valence-electron chi connectivity index (χ0n) is 18.5. The Morgan fingerprint density at radius 2 is 1.86 bits per heavy atom. The molecule has 0 heterocycles. The maximum absolute atomic E-state index is 12.9. The van der Waals surface area contributed by atoms with Gasteiger partial charge in [0.15, 0.2) is 5.78 Å². The second-order valence-electron chi connectivity index (χ2n) is 9.07. The second-order valence-corrected chi connectivity index (χ2v) is 9.07. The molecule has 154 valence electrons. The Hall–Kier alpha value is -2.15. The van der Waals surface area contributed by atoms with Crippen LogP contribution in [0.4, 0.5) is 0 Å². The zero-order valence-corrected chi connectivity index (χ0v) is 18.5. The van der Waals surface area contributed by atoms with E-state index in [-0.39, 0.29) is 11.7 Å². The number of aryl methyl sites for hydroxylation is 2. The Morgan fingerprint density at radius 3 is 2.59 bits per heavy atom. The molecule has 3 rings (SSSR count). The first-order valence-corrected chi connectivity index (χ1v) is 11.4. The van der Waals surface area contributed by atoms with Crippen molar-refractivity contribution in [3.8, 4) is 0 Å². The molecule has 0 saturated heterocycles. The van der Waals surface area contributed by atoms with Crippen LogP contribution >= 0.6 is 0 Å². The summed E-state index contributed by atoms with van der Waals surface area (Å²) < 4.78 is 0. The van der Waals surface area contributed by atoms with Crippen LogP contribution in [0.2, 0.25) is 0 Å². The lowest BCUT2D eigenvalue weighted by Crippen LogP contribution is -2.20. The molecule has 1 aliphatic carbocycles. The number of Topliss-reactive ketones (excluding diaryl/α,β-unsaturated/α-hetero) is 1. The molecule has 0 amide bonds. The average molecular weight is 389 g/mol. The first-order valence-electron chi connectivity index (χ1n) is 11.4. The molecular formula is C28H36O. The van der Waals surface area contributed by atoms with E-state index in [0.29, 0.717) is 0 Å². The predicted molar refractivity (Wildman–Crippen MR) is 124 cm³/mol. The molecule has 0 radical (unpaired) electrons. The summed E-state index contributed by atoms with van der Waals surface area (Å²) in [4.78, 5) is 12.9. The Bertz CT molecular complexity index is 843. The third kappa shape index (κ3) is 5.69. The van der Waals surface area contributed by atoms with E-state index >= 15 is 0 Å². The quantitative estimate of drug-likeness (QED) is 0.250. The minimum atomic E-state index is 0.107. The highest BCUT2D eigenvalue weighted by Gasteiger charge is 2.25. The summed E-state index contributed by atoms with van der Waals surface area (Å²) in [6, 6.07) is 14.9. The molecule has 1 heteroatoms. The highest BCUT2D eigenvalue weighted by Crippen LogP contribution is 2.32. The Balaban J connectivity index is 1.61. The minimum absolute atomic E-state index is 0.107. The summed E-state index contributed by atoms with van der Waals surface area (Å²) in [6.45, 7) is 10.9. The van der Waals surface area contributed by atoms with Gasteiger partial charge in [0.25, 0.3) is 0 Å². The lowest BCUT2D eigenvalue weighted by molar-refractivity contribution is 0.102. The number of hydrogen-bond acceptors (Lipinski definition) is 1. The van der Waals surface area contributed by atoms with Gasteiger partial charge in [-0.1, -0.05) is 94.1 Å². The zero-order chi connectivity index (χ0) is 20.8. The SMILES string of the molecule is C=C(C(=O)c1ccc(C)cc1)[C@H]1CCc2cc(CC(C)CCCCC)ccc2C1. The van der Waals surface area contributed by atoms with Crippen LogP contribution in [0.5, 0.6) is 0 Å². The summed E-state index contributed by atoms with van der Waals surface area (Å²) in [6.07, 6.45) is 9.52. The monoisotopic (exact) mass is 388 g/mol. The van der Waals surface area contributed by atoms with Crippen molar-refractivity contribution in [3.63, 3.8) is 0 Å². The van der Waals surface area contributed by atoms with Crippen molar-refractivity contribution in [2.45, 2.75) is 72.1 Å². The highest BCUT2D eigenvalue weighted by molar-refractivity contribution is 6.08. The molecule has 2 atom stereocenters. The summed E-state index contributed by atoms with van der Waals surface area (Å²) in [5.41, 5.74) is 7.07. The van der Waals surface area contributed by atoms with Crippen molar-refractivity contribution < 1.29 is 4.79 Å². The van der Waals surface area contributed by atoms with Crippen molar-refractivity contribution in [1.29, 1.82) is 0 Å². The van der Waals surface area contributed by atoms with Crippen LogP contribution in [0.25, 0.3) is 0 Å². The molecule has 29 heavy (non-hydrogen) atoms. The molecule has 0 bridgehead atoms. The topological polar surface area (TPSA) is 17.1 Å². The predicted octanol–water partition coefficient (Wildman–Crippen LogP) is 7.30. The minimum Gasteiger partial charge on any atom is -0.289 e. The molecule has 0 aromatic heterocycles. The van der Waals surface area contributed by atoms with Gasteiger partial charge in [0.2, 0.25) is 0 Å². The fourth-order valence-corrected chi connectivity index (χ4v) is 4.56. The first-order chi connectivity index (χ1) is 14.0. The maximum atomic E-state index is 12.9. The summed E-state index contributed by atoms with van der Waals surface area (Å²) in [5, 5.41) is 0. The highest BCUT2D eigenvalue weighted by atomic mass is 16.1. The smallest absolute Gasteiger partial charge is 0.188 e. The van der Waals surface area contributed by atoms with Crippen LogP contribution in [-0.4, -0.2) is 5.78 Å². The van der Waals surface area contributed by atoms with E-state index in [4.69, 9.17) is 0 Å². The van der Waals surface area contributed by atoms with Crippen LogP contribution in [0.15, 0.2) is 54.6 Å². The van der Waals surface area contributed by atoms with Crippen LogP contribution in [0.3, 0.4) is 0 Å². The van der Waals surface area contributed by atoms with E-state index in [1.807, 2.05) is 31.2 Å². The molecule has 2 aromatic rings. The molecule has 0 spiro atoms. The van der Waals surface area contributed by atoms with E-state index in [1.165, 1.54) is 54.4 Å². The summed E-state index contributed by atoms with van der Waals surface area (Å²) in [5.74, 6) is 1.12. The average Bonchev–Trinajstić information content (AvgIpc) is 2.73. The van der Waals surface area contributed by atoms with Gasteiger partial charge >= 0.3 is 0 Å². The third-order valence-electron chi connectivity index (χ3n) is 6.48. The van der Waals surface area contributed by atoms with E-state index in [1.54, 1.807) is 0 Å². The van der Waals surface area contributed by atoms with Crippen LogP contribution in [0, 0.1) is 18.8 Å². The Kier molecular flexibility index (Phi) is 7.47. The van der Waals surface area contributed by atoms with Crippen LogP contribution in [0.1, 0.15) is 78.6 Å². The van der Waals surface area contributed by atoms with E-state index in [2.05, 4.69) is 38.6 Å². The molecule has 2 aromatic carbocycles. The van der Waals surface area contributed by atoms with Crippen LogP contribution in [-0.2, 0) is 19.3 Å². The summed E-state index contributed by atoms with van der Waals surface area (Å²) in [7, 11) is 0. The lowest BCUT2D eigenvalue weighted by Gasteiger charge is -2.26. The lowest BCUT2D eigenvalue weighted by atomic mass is 9.77.